The van der Waals surface area contributed by atoms with Crippen molar-refractivity contribution in [3.63, 3.8) is 0 Å². The molecule has 3 aromatic rings. The van der Waals surface area contributed by atoms with Crippen LogP contribution >= 0.6 is 11.6 Å². The minimum atomic E-state index is -3.97. The van der Waals surface area contributed by atoms with Gasteiger partial charge in [-0.2, -0.15) is 4.31 Å². The molecule has 1 aliphatic rings. The number of furan rings is 1. The van der Waals surface area contributed by atoms with E-state index in [1.807, 2.05) is 6.07 Å². The average molecular weight is 425 g/mol. The van der Waals surface area contributed by atoms with E-state index in [0.717, 1.165) is 11.5 Å². The molecule has 0 bridgehead atoms. The van der Waals surface area contributed by atoms with Gasteiger partial charge in [0, 0.05) is 18.5 Å². The lowest BCUT2D eigenvalue weighted by Crippen LogP contribution is -2.40. The fourth-order valence-corrected chi connectivity index (χ4v) is 5.00. The Hall–Kier alpha value is -1.97. The van der Waals surface area contributed by atoms with Gasteiger partial charge in [-0.3, -0.25) is 0 Å². The number of sulfonamides is 1. The Kier molecular flexibility index (Phi) is 5.15. The van der Waals surface area contributed by atoms with E-state index < -0.39 is 15.8 Å². The van der Waals surface area contributed by atoms with E-state index in [9.17, 15) is 12.8 Å². The third-order valence-corrected chi connectivity index (χ3v) is 6.87. The number of morpholine rings is 1. The predicted octanol–water partition coefficient (Wildman–Crippen LogP) is 3.37. The maximum atomic E-state index is 14.4. The number of halogens is 2. The van der Waals surface area contributed by atoms with Crippen molar-refractivity contribution in [2.24, 2.45) is 5.73 Å². The highest BCUT2D eigenvalue weighted by atomic mass is 35.5. The lowest BCUT2D eigenvalue weighted by atomic mass is 10.0. The molecule has 0 saturated carbocycles. The Morgan fingerprint density at radius 1 is 1.11 bits per heavy atom. The van der Waals surface area contributed by atoms with Crippen molar-refractivity contribution in [2.45, 2.75) is 11.4 Å². The smallest absolute Gasteiger partial charge is 0.246 e. The second-order valence-corrected chi connectivity index (χ2v) is 8.77. The molecule has 0 amide bonds. The summed E-state index contributed by atoms with van der Waals surface area (Å²) >= 11 is 6.32. The highest BCUT2D eigenvalue weighted by Crippen LogP contribution is 2.34. The second-order valence-electron chi connectivity index (χ2n) is 6.45. The van der Waals surface area contributed by atoms with Gasteiger partial charge in [-0.25, -0.2) is 12.8 Å². The maximum absolute atomic E-state index is 14.4. The topological polar surface area (TPSA) is 85.8 Å². The Bertz CT molecular complexity index is 1140. The van der Waals surface area contributed by atoms with Crippen molar-refractivity contribution in [3.05, 3.63) is 53.0 Å². The van der Waals surface area contributed by atoms with E-state index in [0.29, 0.717) is 27.5 Å². The van der Waals surface area contributed by atoms with Gasteiger partial charge in [-0.05, 0) is 41.5 Å². The third-order valence-electron chi connectivity index (χ3n) is 4.68. The van der Waals surface area contributed by atoms with Crippen LogP contribution in [0.3, 0.4) is 0 Å². The van der Waals surface area contributed by atoms with Gasteiger partial charge < -0.3 is 14.9 Å². The number of ether oxygens (including phenoxy) is 1. The quantitative estimate of drug-likeness (QED) is 0.694. The number of hydrogen-bond acceptors (Lipinski definition) is 5. The molecule has 6 nitrogen and oxygen atoms in total. The van der Waals surface area contributed by atoms with Gasteiger partial charge in [0.2, 0.25) is 10.0 Å². The molecule has 1 fully saturated rings. The average Bonchev–Trinajstić information content (AvgIpc) is 3.13. The number of fused-ring (bicyclic) bond motifs is 1. The van der Waals surface area contributed by atoms with Crippen LogP contribution in [0.5, 0.6) is 0 Å². The molecule has 2 aromatic carbocycles. The molecule has 1 aliphatic heterocycles. The van der Waals surface area contributed by atoms with Gasteiger partial charge in [-0.1, -0.05) is 17.7 Å². The summed E-state index contributed by atoms with van der Waals surface area (Å²) < 4.78 is 52.2. The summed E-state index contributed by atoms with van der Waals surface area (Å²) in [4.78, 5) is -0.363. The van der Waals surface area contributed by atoms with Crippen LogP contribution in [0.25, 0.3) is 22.1 Å². The highest BCUT2D eigenvalue weighted by molar-refractivity contribution is 7.89. The number of nitrogens with zero attached hydrogens (tertiary/aromatic N) is 1. The molecular weight excluding hydrogens is 407 g/mol. The van der Waals surface area contributed by atoms with Crippen LogP contribution in [0, 0.1) is 5.82 Å². The zero-order valence-electron chi connectivity index (χ0n) is 14.8. The third kappa shape index (κ3) is 3.42. The van der Waals surface area contributed by atoms with Crippen LogP contribution in [0.2, 0.25) is 5.02 Å². The molecule has 0 aliphatic carbocycles. The monoisotopic (exact) mass is 424 g/mol. The molecule has 0 radical (unpaired) electrons. The number of hydrogen-bond donors (Lipinski definition) is 1. The van der Waals surface area contributed by atoms with E-state index in [2.05, 4.69) is 0 Å². The summed E-state index contributed by atoms with van der Waals surface area (Å²) in [5.41, 5.74) is 7.31. The largest absolute Gasteiger partial charge is 0.458 e. The van der Waals surface area contributed by atoms with E-state index >= 15 is 0 Å². The van der Waals surface area contributed by atoms with Crippen molar-refractivity contribution in [1.29, 1.82) is 0 Å². The molecule has 1 aromatic heterocycles. The van der Waals surface area contributed by atoms with Gasteiger partial charge in [0.05, 0.1) is 24.8 Å². The predicted molar refractivity (Wildman–Crippen MR) is 104 cm³/mol. The molecule has 0 spiro atoms. The molecule has 2 N–H and O–H groups in total. The SMILES string of the molecule is NCc1cc2cc(-c3ccc(F)c(S(=O)(=O)N4CCOCC4)c3)cc(Cl)c2o1. The molecular formula is C19H18ClFN2O4S. The van der Waals surface area contributed by atoms with Crippen molar-refractivity contribution < 1.29 is 22.0 Å². The summed E-state index contributed by atoms with van der Waals surface area (Å²) in [6.07, 6.45) is 0. The maximum Gasteiger partial charge on any atom is 0.246 e. The summed E-state index contributed by atoms with van der Waals surface area (Å²) in [5.74, 6) is -0.208. The van der Waals surface area contributed by atoms with Gasteiger partial charge in [0.1, 0.15) is 16.5 Å². The summed E-state index contributed by atoms with van der Waals surface area (Å²) in [6.45, 7) is 1.20. The number of benzene rings is 2. The Labute approximate surface area is 166 Å². The van der Waals surface area contributed by atoms with Crippen molar-refractivity contribution in [3.8, 4) is 11.1 Å². The lowest BCUT2D eigenvalue weighted by Gasteiger charge is -2.26. The lowest BCUT2D eigenvalue weighted by molar-refractivity contribution is 0.0729. The fraction of sp³-hybridized carbons (Fsp3) is 0.263. The standard InChI is InChI=1S/C19H18ClFN2O4S/c20-16-9-13(7-14-8-15(11-22)27-19(14)16)12-1-2-17(21)18(10-12)28(24,25)23-3-5-26-6-4-23/h1-2,7-10H,3-6,11,22H2. The number of nitrogens with two attached hydrogens (primary N) is 1. The Balaban J connectivity index is 1.79. The van der Waals surface area contributed by atoms with Gasteiger partial charge in [0.25, 0.3) is 0 Å². The Morgan fingerprint density at radius 2 is 1.86 bits per heavy atom. The van der Waals surface area contributed by atoms with E-state index in [-0.39, 0.29) is 37.7 Å². The highest BCUT2D eigenvalue weighted by Gasteiger charge is 2.29. The van der Waals surface area contributed by atoms with Crippen LogP contribution in [-0.4, -0.2) is 39.0 Å². The number of rotatable bonds is 4. The van der Waals surface area contributed by atoms with Crippen LogP contribution in [0.4, 0.5) is 4.39 Å². The van der Waals surface area contributed by atoms with Gasteiger partial charge in [-0.15, -0.1) is 0 Å². The van der Waals surface area contributed by atoms with E-state index in [4.69, 9.17) is 26.5 Å². The summed E-state index contributed by atoms with van der Waals surface area (Å²) in [5, 5.41) is 1.11. The zero-order valence-corrected chi connectivity index (χ0v) is 16.4. The first-order chi connectivity index (χ1) is 13.4. The van der Waals surface area contributed by atoms with E-state index in [1.54, 1.807) is 12.1 Å². The van der Waals surface area contributed by atoms with Crippen molar-refractivity contribution in [2.75, 3.05) is 26.3 Å². The zero-order chi connectivity index (χ0) is 19.9. The molecule has 2 heterocycles. The van der Waals surface area contributed by atoms with Gasteiger partial charge >= 0.3 is 0 Å². The first-order valence-electron chi connectivity index (χ1n) is 8.70. The minimum Gasteiger partial charge on any atom is -0.458 e. The first kappa shape index (κ1) is 19.4. The minimum absolute atomic E-state index is 0.195. The normalized spacial score (nSPS) is 16.0. The van der Waals surface area contributed by atoms with Crippen molar-refractivity contribution in [1.82, 2.24) is 4.31 Å². The first-order valence-corrected chi connectivity index (χ1v) is 10.5. The van der Waals surface area contributed by atoms with Crippen LogP contribution in [0.1, 0.15) is 5.76 Å². The van der Waals surface area contributed by atoms with Crippen LogP contribution in [-0.2, 0) is 21.3 Å². The molecule has 4 rings (SSSR count). The van der Waals surface area contributed by atoms with Gasteiger partial charge in [0.15, 0.2) is 5.58 Å². The van der Waals surface area contributed by atoms with Crippen molar-refractivity contribution >= 4 is 32.6 Å². The van der Waals surface area contributed by atoms with Crippen LogP contribution in [0.15, 0.2) is 45.7 Å². The van der Waals surface area contributed by atoms with Crippen LogP contribution < -0.4 is 5.73 Å². The molecule has 0 atom stereocenters. The second kappa shape index (κ2) is 7.46. The summed E-state index contributed by atoms with van der Waals surface area (Å²) in [6, 6.07) is 9.26. The summed E-state index contributed by atoms with van der Waals surface area (Å²) in [7, 11) is -3.97. The fourth-order valence-electron chi connectivity index (χ4n) is 3.24. The molecule has 148 valence electrons. The molecule has 0 unspecified atom stereocenters. The molecule has 9 heteroatoms. The van der Waals surface area contributed by atoms with E-state index in [1.165, 1.54) is 16.4 Å². The molecule has 28 heavy (non-hydrogen) atoms. The Morgan fingerprint density at radius 3 is 2.57 bits per heavy atom. The molecule has 1 saturated heterocycles.